The van der Waals surface area contributed by atoms with E-state index >= 15 is 0 Å². The summed E-state index contributed by atoms with van der Waals surface area (Å²) in [5.41, 5.74) is 1.32. The maximum absolute atomic E-state index is 11.5. The lowest BCUT2D eigenvalue weighted by molar-refractivity contribution is 0.0473. The van der Waals surface area contributed by atoms with E-state index in [0.29, 0.717) is 53.8 Å². The Morgan fingerprint density at radius 3 is 0.943 bits per heavy atom. The number of benzene rings is 3. The zero-order valence-corrected chi connectivity index (χ0v) is 20.5. The Bertz CT molecular complexity index is 1010. The molecule has 0 unspecified atom stereocenters. The van der Waals surface area contributed by atoms with Crippen LogP contribution in [0.25, 0.3) is 0 Å². The van der Waals surface area contributed by atoms with Crippen molar-refractivity contribution < 1.29 is 28.6 Å². The normalized spacial score (nSPS) is 11.0. The highest BCUT2D eigenvalue weighted by molar-refractivity contribution is 5.95. The number of rotatable bonds is 12. The SMILES string of the molecule is CC(=O)c1ccc(OCC(C)(COc2ccc(C(C)=O)cc2)COc2ccc(C(C)=O)cc2)cc1. The van der Waals surface area contributed by atoms with Gasteiger partial charge in [0.05, 0.1) is 5.41 Å². The highest BCUT2D eigenvalue weighted by Crippen LogP contribution is 2.25. The van der Waals surface area contributed by atoms with Gasteiger partial charge in [0, 0.05) is 16.7 Å². The minimum atomic E-state index is -0.544. The van der Waals surface area contributed by atoms with Crippen LogP contribution in [-0.4, -0.2) is 37.2 Å². The van der Waals surface area contributed by atoms with Gasteiger partial charge in [-0.3, -0.25) is 14.4 Å². The zero-order valence-electron chi connectivity index (χ0n) is 20.5. The molecule has 0 aliphatic carbocycles. The van der Waals surface area contributed by atoms with Crippen molar-refractivity contribution in [2.45, 2.75) is 27.7 Å². The molecule has 0 amide bonds. The van der Waals surface area contributed by atoms with Crippen molar-refractivity contribution in [2.24, 2.45) is 5.41 Å². The van der Waals surface area contributed by atoms with Gasteiger partial charge in [-0.2, -0.15) is 0 Å². The van der Waals surface area contributed by atoms with E-state index in [2.05, 4.69) is 0 Å². The molecule has 0 aliphatic rings. The molecular formula is C29H30O6. The summed E-state index contributed by atoms with van der Waals surface area (Å²) in [4.78, 5) is 34.6. The molecule has 0 fully saturated rings. The molecular weight excluding hydrogens is 444 g/mol. The first-order valence-electron chi connectivity index (χ1n) is 11.4. The van der Waals surface area contributed by atoms with Gasteiger partial charge in [-0.15, -0.1) is 0 Å². The Hall–Kier alpha value is -3.93. The summed E-state index contributed by atoms with van der Waals surface area (Å²) < 4.78 is 18.1. The van der Waals surface area contributed by atoms with E-state index in [4.69, 9.17) is 14.2 Å². The Morgan fingerprint density at radius 1 is 0.514 bits per heavy atom. The lowest BCUT2D eigenvalue weighted by Crippen LogP contribution is -2.37. The van der Waals surface area contributed by atoms with E-state index in [1.807, 2.05) is 6.92 Å². The first-order valence-corrected chi connectivity index (χ1v) is 11.4. The van der Waals surface area contributed by atoms with E-state index in [0.717, 1.165) is 0 Å². The lowest BCUT2D eigenvalue weighted by Gasteiger charge is -2.29. The smallest absolute Gasteiger partial charge is 0.159 e. The van der Waals surface area contributed by atoms with Gasteiger partial charge in [-0.1, -0.05) is 0 Å². The van der Waals surface area contributed by atoms with Crippen LogP contribution in [0.4, 0.5) is 0 Å². The van der Waals surface area contributed by atoms with Crippen LogP contribution in [0, 0.1) is 5.41 Å². The van der Waals surface area contributed by atoms with Gasteiger partial charge >= 0.3 is 0 Å². The van der Waals surface area contributed by atoms with E-state index in [1.165, 1.54) is 20.8 Å². The predicted octanol–water partition coefficient (Wildman–Crippen LogP) is 5.84. The third kappa shape index (κ3) is 7.54. The molecule has 0 aromatic heterocycles. The van der Waals surface area contributed by atoms with Crippen molar-refractivity contribution >= 4 is 17.3 Å². The van der Waals surface area contributed by atoms with Gasteiger partial charge in [0.15, 0.2) is 17.3 Å². The second-order valence-corrected chi connectivity index (χ2v) is 8.92. The van der Waals surface area contributed by atoms with Crippen LogP contribution in [0.1, 0.15) is 58.8 Å². The molecule has 0 bridgehead atoms. The van der Waals surface area contributed by atoms with Crippen molar-refractivity contribution in [3.63, 3.8) is 0 Å². The molecule has 0 heterocycles. The highest BCUT2D eigenvalue weighted by atomic mass is 16.5. The van der Waals surface area contributed by atoms with Gasteiger partial charge in [0.2, 0.25) is 0 Å². The summed E-state index contributed by atoms with van der Waals surface area (Å²) in [6.07, 6.45) is 0. The van der Waals surface area contributed by atoms with Crippen LogP contribution in [0.5, 0.6) is 17.2 Å². The van der Waals surface area contributed by atoms with E-state index < -0.39 is 5.41 Å². The van der Waals surface area contributed by atoms with E-state index in [9.17, 15) is 14.4 Å². The fourth-order valence-corrected chi connectivity index (χ4v) is 3.26. The molecule has 0 saturated heterocycles. The number of carbonyl (C=O) groups excluding carboxylic acids is 3. The fraction of sp³-hybridized carbons (Fsp3) is 0.276. The van der Waals surface area contributed by atoms with Crippen LogP contribution in [-0.2, 0) is 0 Å². The van der Waals surface area contributed by atoms with Gasteiger partial charge < -0.3 is 14.2 Å². The van der Waals surface area contributed by atoms with Gasteiger partial charge in [-0.25, -0.2) is 0 Å². The highest BCUT2D eigenvalue weighted by Gasteiger charge is 2.28. The van der Waals surface area contributed by atoms with Gasteiger partial charge in [0.25, 0.3) is 0 Å². The fourth-order valence-electron chi connectivity index (χ4n) is 3.26. The largest absolute Gasteiger partial charge is 0.493 e. The van der Waals surface area contributed by atoms with Crippen LogP contribution < -0.4 is 14.2 Å². The average molecular weight is 475 g/mol. The average Bonchev–Trinajstić information content (AvgIpc) is 2.86. The molecule has 0 spiro atoms. The Kier molecular flexibility index (Phi) is 8.42. The molecule has 0 saturated carbocycles. The number of carbonyl (C=O) groups is 3. The molecule has 182 valence electrons. The zero-order chi connectivity index (χ0) is 25.4. The van der Waals surface area contributed by atoms with Crippen molar-refractivity contribution in [1.82, 2.24) is 0 Å². The number of hydrogen-bond donors (Lipinski definition) is 0. The number of ketones is 3. The van der Waals surface area contributed by atoms with E-state index in [-0.39, 0.29) is 17.3 Å². The minimum absolute atomic E-state index is 0.00484. The number of hydrogen-bond acceptors (Lipinski definition) is 6. The predicted molar refractivity (Wildman–Crippen MR) is 134 cm³/mol. The standard InChI is InChI=1S/C29H30O6/c1-20(30)23-5-11-26(12-6-23)33-17-29(4,18-34-27-13-7-24(8-14-27)21(2)31)19-35-28-15-9-25(10-16-28)22(3)32/h5-16H,17-19H2,1-4H3. The summed E-state index contributed by atoms with van der Waals surface area (Å²) >= 11 is 0. The Balaban J connectivity index is 1.70. The lowest BCUT2D eigenvalue weighted by atomic mass is 9.94. The second kappa shape index (κ2) is 11.5. The Labute approximate surface area is 205 Å². The number of ether oxygens (including phenoxy) is 3. The van der Waals surface area contributed by atoms with Crippen LogP contribution in [0.2, 0.25) is 0 Å². The van der Waals surface area contributed by atoms with E-state index in [1.54, 1.807) is 72.8 Å². The Morgan fingerprint density at radius 2 is 0.743 bits per heavy atom. The summed E-state index contributed by atoms with van der Waals surface area (Å²) in [6.45, 7) is 7.44. The summed E-state index contributed by atoms with van der Waals surface area (Å²) in [6, 6.07) is 21.0. The van der Waals surface area contributed by atoms with Gasteiger partial charge in [-0.05, 0) is 100 Å². The first kappa shape index (κ1) is 25.7. The molecule has 0 radical (unpaired) electrons. The van der Waals surface area contributed by atoms with Crippen molar-refractivity contribution in [2.75, 3.05) is 19.8 Å². The second-order valence-electron chi connectivity index (χ2n) is 8.92. The van der Waals surface area contributed by atoms with Crippen molar-refractivity contribution in [3.8, 4) is 17.2 Å². The maximum Gasteiger partial charge on any atom is 0.159 e. The third-order valence-electron chi connectivity index (χ3n) is 5.54. The molecule has 6 heteroatoms. The van der Waals surface area contributed by atoms with Crippen molar-refractivity contribution in [3.05, 3.63) is 89.5 Å². The van der Waals surface area contributed by atoms with Crippen LogP contribution >= 0.6 is 0 Å². The monoisotopic (exact) mass is 474 g/mol. The van der Waals surface area contributed by atoms with Gasteiger partial charge in [0.1, 0.15) is 37.1 Å². The molecule has 0 N–H and O–H groups in total. The minimum Gasteiger partial charge on any atom is -0.493 e. The molecule has 0 atom stereocenters. The maximum atomic E-state index is 11.5. The molecule has 3 aromatic rings. The topological polar surface area (TPSA) is 78.9 Å². The first-order chi connectivity index (χ1) is 16.6. The summed E-state index contributed by atoms with van der Waals surface area (Å²) in [5.74, 6) is 1.90. The summed E-state index contributed by atoms with van der Waals surface area (Å²) in [7, 11) is 0. The molecule has 3 aromatic carbocycles. The third-order valence-corrected chi connectivity index (χ3v) is 5.54. The molecule has 6 nitrogen and oxygen atoms in total. The molecule has 35 heavy (non-hydrogen) atoms. The molecule has 3 rings (SSSR count). The van der Waals surface area contributed by atoms with Crippen LogP contribution in [0.15, 0.2) is 72.8 Å². The quantitative estimate of drug-likeness (QED) is 0.307. The summed E-state index contributed by atoms with van der Waals surface area (Å²) in [5, 5.41) is 0. The molecule has 0 aliphatic heterocycles. The van der Waals surface area contributed by atoms with Crippen LogP contribution in [0.3, 0.4) is 0 Å². The number of Topliss-reactive ketones (excluding diaryl/α,β-unsaturated/α-hetero) is 3. The van der Waals surface area contributed by atoms with Crippen molar-refractivity contribution in [1.29, 1.82) is 0 Å².